The standard InChI is InChI=1S/C20H27N3O4/c24-19(11-21-6-5-16-3-1-2-4-17(16)9-21)23-8-15-7-22(12-20(25)26)18(10-23)14-27-13-15/h1-4,15,18H,5-14H2,(H,25,26)/t15-,18+/m1/s1. The van der Waals surface area contributed by atoms with Gasteiger partial charge in [0.1, 0.15) is 0 Å². The van der Waals surface area contributed by atoms with Gasteiger partial charge in [0, 0.05) is 38.6 Å². The van der Waals surface area contributed by atoms with Crippen molar-refractivity contribution in [2.45, 2.75) is 19.0 Å². The van der Waals surface area contributed by atoms with E-state index in [2.05, 4.69) is 29.2 Å². The Balaban J connectivity index is 1.40. The quantitative estimate of drug-likeness (QED) is 0.818. The lowest BCUT2D eigenvalue weighted by molar-refractivity contribution is -0.139. The van der Waals surface area contributed by atoms with Crippen LogP contribution < -0.4 is 0 Å². The summed E-state index contributed by atoms with van der Waals surface area (Å²) in [6.07, 6.45) is 0.981. The van der Waals surface area contributed by atoms with E-state index in [1.165, 1.54) is 11.1 Å². The molecule has 1 N–H and O–H groups in total. The van der Waals surface area contributed by atoms with Gasteiger partial charge in [0.15, 0.2) is 0 Å². The molecule has 2 bridgehead atoms. The highest BCUT2D eigenvalue weighted by Gasteiger charge is 2.36. The van der Waals surface area contributed by atoms with Crippen LogP contribution >= 0.6 is 0 Å². The molecule has 146 valence electrons. The summed E-state index contributed by atoms with van der Waals surface area (Å²) in [6.45, 7) is 5.11. The zero-order valence-corrected chi connectivity index (χ0v) is 15.5. The fraction of sp³-hybridized carbons (Fsp3) is 0.600. The highest BCUT2D eigenvalue weighted by Crippen LogP contribution is 2.21. The van der Waals surface area contributed by atoms with Crippen LogP contribution in [0.3, 0.4) is 0 Å². The number of benzene rings is 1. The van der Waals surface area contributed by atoms with Crippen molar-refractivity contribution in [3.63, 3.8) is 0 Å². The van der Waals surface area contributed by atoms with Crippen molar-refractivity contribution in [2.75, 3.05) is 52.5 Å². The number of rotatable bonds is 4. The average molecular weight is 373 g/mol. The lowest BCUT2D eigenvalue weighted by Crippen LogP contribution is -2.49. The maximum Gasteiger partial charge on any atom is 0.317 e. The Labute approximate surface area is 159 Å². The predicted octanol–water partition coefficient (Wildman–Crippen LogP) is 0.289. The molecule has 0 radical (unpaired) electrons. The van der Waals surface area contributed by atoms with Crippen LogP contribution in [0.1, 0.15) is 11.1 Å². The molecule has 0 saturated carbocycles. The van der Waals surface area contributed by atoms with Gasteiger partial charge in [-0.3, -0.25) is 19.4 Å². The Bertz CT molecular complexity index is 710. The average Bonchev–Trinajstić information content (AvgIpc) is 2.91. The summed E-state index contributed by atoms with van der Waals surface area (Å²) in [6, 6.07) is 8.39. The molecule has 0 aromatic heterocycles. The van der Waals surface area contributed by atoms with E-state index in [9.17, 15) is 14.7 Å². The van der Waals surface area contributed by atoms with Crippen LogP contribution in [0.25, 0.3) is 0 Å². The highest BCUT2D eigenvalue weighted by molar-refractivity contribution is 5.78. The number of fused-ring (bicyclic) bond motifs is 4. The predicted molar refractivity (Wildman–Crippen MR) is 99.3 cm³/mol. The van der Waals surface area contributed by atoms with Crippen LogP contribution in [0, 0.1) is 5.92 Å². The SMILES string of the molecule is O=C(O)CN1C[C@H]2COC[C@@H]1CN(C(=O)CN1CCc3ccccc3C1)C2. The zero-order valence-electron chi connectivity index (χ0n) is 15.5. The Morgan fingerprint density at radius 3 is 2.70 bits per heavy atom. The van der Waals surface area contributed by atoms with Crippen LogP contribution in [-0.2, 0) is 27.3 Å². The summed E-state index contributed by atoms with van der Waals surface area (Å²) in [5, 5.41) is 9.18. The van der Waals surface area contributed by atoms with E-state index in [4.69, 9.17) is 4.74 Å². The fourth-order valence-corrected chi connectivity index (χ4v) is 4.48. The molecule has 2 fully saturated rings. The molecule has 0 aliphatic carbocycles. The third-order valence-electron chi connectivity index (χ3n) is 5.84. The lowest BCUT2D eigenvalue weighted by Gasteiger charge is -2.33. The van der Waals surface area contributed by atoms with E-state index in [-0.39, 0.29) is 24.4 Å². The lowest BCUT2D eigenvalue weighted by atomic mass is 10.00. The summed E-state index contributed by atoms with van der Waals surface area (Å²) in [5.74, 6) is -0.515. The summed E-state index contributed by atoms with van der Waals surface area (Å²) >= 11 is 0. The maximum absolute atomic E-state index is 13.0. The second kappa shape index (κ2) is 7.96. The number of carbonyl (C=O) groups is 2. The molecular weight excluding hydrogens is 346 g/mol. The number of hydrogen-bond acceptors (Lipinski definition) is 5. The van der Waals surface area contributed by atoms with Gasteiger partial charge in [-0.25, -0.2) is 0 Å². The third kappa shape index (κ3) is 4.31. The summed E-state index contributed by atoms with van der Waals surface area (Å²) in [4.78, 5) is 30.3. The van der Waals surface area contributed by atoms with Crippen LogP contribution in [-0.4, -0.2) is 90.2 Å². The van der Waals surface area contributed by atoms with Gasteiger partial charge in [0.2, 0.25) is 5.91 Å². The Morgan fingerprint density at radius 1 is 1.07 bits per heavy atom. The summed E-state index contributed by atoms with van der Waals surface area (Å²) in [7, 11) is 0. The first-order valence-electron chi connectivity index (χ1n) is 9.69. The van der Waals surface area contributed by atoms with Crippen molar-refractivity contribution in [2.24, 2.45) is 5.92 Å². The van der Waals surface area contributed by atoms with Crippen LogP contribution in [0.15, 0.2) is 24.3 Å². The van der Waals surface area contributed by atoms with Gasteiger partial charge in [0.25, 0.3) is 0 Å². The normalized spacial score (nSPS) is 26.3. The molecule has 0 unspecified atom stereocenters. The Hall–Kier alpha value is -1.96. The van der Waals surface area contributed by atoms with Crippen molar-refractivity contribution in [1.82, 2.24) is 14.7 Å². The molecule has 7 heteroatoms. The second-order valence-corrected chi connectivity index (χ2v) is 7.91. The van der Waals surface area contributed by atoms with E-state index in [1.54, 1.807) is 0 Å². The highest BCUT2D eigenvalue weighted by atomic mass is 16.5. The first-order chi connectivity index (χ1) is 13.1. The minimum Gasteiger partial charge on any atom is -0.480 e. The molecular formula is C20H27N3O4. The molecule has 3 heterocycles. The summed E-state index contributed by atoms with van der Waals surface area (Å²) in [5.41, 5.74) is 2.69. The van der Waals surface area contributed by atoms with E-state index >= 15 is 0 Å². The topological polar surface area (TPSA) is 73.3 Å². The van der Waals surface area contributed by atoms with Crippen molar-refractivity contribution in [1.29, 1.82) is 0 Å². The van der Waals surface area contributed by atoms with Crippen molar-refractivity contribution >= 4 is 11.9 Å². The molecule has 3 aliphatic rings. The molecule has 1 aromatic rings. The van der Waals surface area contributed by atoms with Crippen LogP contribution in [0.5, 0.6) is 0 Å². The van der Waals surface area contributed by atoms with Gasteiger partial charge in [-0.05, 0) is 17.5 Å². The largest absolute Gasteiger partial charge is 0.480 e. The molecule has 0 spiro atoms. The summed E-state index contributed by atoms with van der Waals surface area (Å²) < 4.78 is 5.71. The molecule has 2 atom stereocenters. The first kappa shape index (κ1) is 18.4. The number of carboxylic acids is 1. The minimum atomic E-state index is -0.826. The van der Waals surface area contributed by atoms with Gasteiger partial charge in [0.05, 0.1) is 32.3 Å². The number of hydrogen-bond donors (Lipinski definition) is 1. The minimum absolute atomic E-state index is 0.00939. The third-order valence-corrected chi connectivity index (χ3v) is 5.84. The smallest absolute Gasteiger partial charge is 0.317 e. The molecule has 1 aromatic carbocycles. The number of amides is 1. The van der Waals surface area contributed by atoms with E-state index in [0.717, 1.165) is 19.5 Å². The molecule has 3 aliphatic heterocycles. The van der Waals surface area contributed by atoms with Gasteiger partial charge in [-0.2, -0.15) is 0 Å². The van der Waals surface area contributed by atoms with Crippen molar-refractivity contribution in [3.8, 4) is 0 Å². The second-order valence-electron chi connectivity index (χ2n) is 7.91. The van der Waals surface area contributed by atoms with Gasteiger partial charge >= 0.3 is 5.97 Å². The van der Waals surface area contributed by atoms with Crippen LogP contribution in [0.2, 0.25) is 0 Å². The maximum atomic E-state index is 13.0. The number of carbonyl (C=O) groups excluding carboxylic acids is 1. The molecule has 2 saturated heterocycles. The molecule has 4 rings (SSSR count). The van der Waals surface area contributed by atoms with Gasteiger partial charge in [-0.1, -0.05) is 24.3 Å². The number of aliphatic carboxylic acids is 1. The van der Waals surface area contributed by atoms with E-state index < -0.39 is 5.97 Å². The zero-order chi connectivity index (χ0) is 18.8. The van der Waals surface area contributed by atoms with Crippen molar-refractivity contribution < 1.29 is 19.4 Å². The van der Waals surface area contributed by atoms with E-state index in [1.807, 2.05) is 9.80 Å². The van der Waals surface area contributed by atoms with Gasteiger partial charge < -0.3 is 14.7 Å². The monoisotopic (exact) mass is 373 g/mol. The van der Waals surface area contributed by atoms with E-state index in [0.29, 0.717) is 39.4 Å². The first-order valence-corrected chi connectivity index (χ1v) is 9.69. The molecule has 27 heavy (non-hydrogen) atoms. The Kier molecular flexibility index (Phi) is 5.43. The van der Waals surface area contributed by atoms with Crippen LogP contribution in [0.4, 0.5) is 0 Å². The van der Waals surface area contributed by atoms with Gasteiger partial charge in [-0.15, -0.1) is 0 Å². The fourth-order valence-electron chi connectivity index (χ4n) is 4.48. The number of nitrogens with zero attached hydrogens (tertiary/aromatic N) is 3. The number of carboxylic acid groups (broad SMARTS) is 1. The molecule has 7 nitrogen and oxygen atoms in total. The Morgan fingerprint density at radius 2 is 1.89 bits per heavy atom. The van der Waals surface area contributed by atoms with Crippen molar-refractivity contribution in [3.05, 3.63) is 35.4 Å². The molecule has 1 amide bonds. The number of ether oxygens (including phenoxy) is 1.